The van der Waals surface area contributed by atoms with E-state index in [1.54, 1.807) is 0 Å². The minimum atomic E-state index is 1.19. The second-order valence-electron chi connectivity index (χ2n) is 11.2. The van der Waals surface area contributed by atoms with Crippen molar-refractivity contribution in [3.63, 3.8) is 0 Å². The van der Waals surface area contributed by atoms with Crippen molar-refractivity contribution in [3.8, 4) is 0 Å². The fourth-order valence-electron chi connectivity index (χ4n) is 5.48. The van der Waals surface area contributed by atoms with Crippen LogP contribution < -0.4 is 0 Å². The Labute approximate surface area is 261 Å². The minimum absolute atomic E-state index is 1.19. The van der Waals surface area contributed by atoms with E-state index in [1.165, 1.54) is 66.4 Å². The van der Waals surface area contributed by atoms with E-state index in [1.807, 2.05) is 0 Å². The van der Waals surface area contributed by atoms with Crippen LogP contribution >= 0.6 is 0 Å². The van der Waals surface area contributed by atoms with Crippen molar-refractivity contribution in [2.45, 2.75) is 13.8 Å². The highest BCUT2D eigenvalue weighted by molar-refractivity contribution is 5.99. The maximum atomic E-state index is 2.24. The Balaban J connectivity index is 1.17. The molecule has 0 bridgehead atoms. The summed E-state index contributed by atoms with van der Waals surface area (Å²) in [6, 6.07) is 51.6. The highest BCUT2D eigenvalue weighted by Gasteiger charge is 2.03. The molecule has 0 fully saturated rings. The van der Waals surface area contributed by atoms with Crippen LogP contribution in [0.4, 0.5) is 0 Å². The van der Waals surface area contributed by atoms with Crippen LogP contribution in [0.25, 0.3) is 58.4 Å². The van der Waals surface area contributed by atoms with Gasteiger partial charge in [0.15, 0.2) is 0 Å². The molecular formula is C44H36. The first kappa shape index (κ1) is 28.6. The summed E-state index contributed by atoms with van der Waals surface area (Å²) in [6.07, 6.45) is 13.3. The molecule has 212 valence electrons. The standard InChI is InChI=1S/C44H36/c1-33(39-11-5-3-6-12-39)31-37-21-17-35(18-22-37)25-27-41-29-30-42(44-16-10-9-15-43(41)44)28-26-36-19-23-38(24-20-36)32-34(2)40-13-7-4-8-14-40/h3-32H,1-2H3/b27-25-,28-26-,33-31-,34-32-. The first-order chi connectivity index (χ1) is 21.6. The maximum Gasteiger partial charge on any atom is -0.0105 e. The highest BCUT2D eigenvalue weighted by Crippen LogP contribution is 2.27. The molecule has 0 nitrogen and oxygen atoms in total. The number of allylic oxidation sites excluding steroid dienone is 2. The summed E-state index contributed by atoms with van der Waals surface area (Å²) < 4.78 is 0. The Morgan fingerprint density at radius 2 is 0.682 bits per heavy atom. The smallest absolute Gasteiger partial charge is 0.0105 e. The van der Waals surface area contributed by atoms with E-state index in [2.05, 4.69) is 196 Å². The predicted octanol–water partition coefficient (Wildman–Crippen LogP) is 12.3. The van der Waals surface area contributed by atoms with Gasteiger partial charge in [-0.15, -0.1) is 0 Å². The fraction of sp³-hybridized carbons (Fsp3) is 0.0455. The van der Waals surface area contributed by atoms with Gasteiger partial charge in [0, 0.05) is 0 Å². The van der Waals surface area contributed by atoms with Crippen LogP contribution in [0.3, 0.4) is 0 Å². The minimum Gasteiger partial charge on any atom is -0.0622 e. The molecule has 0 heterocycles. The molecule has 0 aromatic heterocycles. The number of fused-ring (bicyclic) bond motifs is 1. The van der Waals surface area contributed by atoms with Gasteiger partial charge < -0.3 is 0 Å². The molecule has 0 spiro atoms. The second-order valence-corrected chi connectivity index (χ2v) is 11.2. The van der Waals surface area contributed by atoms with Gasteiger partial charge in [-0.05, 0) is 80.3 Å². The van der Waals surface area contributed by atoms with E-state index in [9.17, 15) is 0 Å². The van der Waals surface area contributed by atoms with Crippen molar-refractivity contribution in [3.05, 3.63) is 190 Å². The molecule has 0 N–H and O–H groups in total. The Bertz CT molecular complexity index is 1820. The maximum absolute atomic E-state index is 2.24. The molecular weight excluding hydrogens is 528 g/mol. The molecule has 6 aromatic rings. The van der Waals surface area contributed by atoms with E-state index >= 15 is 0 Å². The molecule has 0 radical (unpaired) electrons. The van der Waals surface area contributed by atoms with Gasteiger partial charge in [0.05, 0.1) is 0 Å². The van der Waals surface area contributed by atoms with E-state index in [0.29, 0.717) is 0 Å². The van der Waals surface area contributed by atoms with Gasteiger partial charge >= 0.3 is 0 Å². The molecule has 0 aliphatic heterocycles. The summed E-state index contributed by atoms with van der Waals surface area (Å²) in [5, 5.41) is 2.50. The Morgan fingerprint density at radius 3 is 1.07 bits per heavy atom. The van der Waals surface area contributed by atoms with Crippen LogP contribution in [0.1, 0.15) is 58.4 Å². The first-order valence-corrected chi connectivity index (χ1v) is 15.2. The SMILES string of the molecule is C/C(=C/c1ccc(/C=C\c2ccc(/C=C\c3ccc(/C=C(/C)c4ccccc4)cc3)c3ccccc23)cc1)c1ccccc1. The quantitative estimate of drug-likeness (QED) is 0.161. The van der Waals surface area contributed by atoms with Crippen LogP contribution in [0.5, 0.6) is 0 Å². The highest BCUT2D eigenvalue weighted by atomic mass is 14.1. The third-order valence-electron chi connectivity index (χ3n) is 8.00. The zero-order valence-corrected chi connectivity index (χ0v) is 25.3. The van der Waals surface area contributed by atoms with Gasteiger partial charge in [0.1, 0.15) is 0 Å². The topological polar surface area (TPSA) is 0 Å². The molecule has 0 unspecified atom stereocenters. The van der Waals surface area contributed by atoms with Crippen LogP contribution in [-0.2, 0) is 0 Å². The van der Waals surface area contributed by atoms with Crippen LogP contribution in [0.15, 0.2) is 146 Å². The van der Waals surface area contributed by atoms with Gasteiger partial charge in [-0.25, -0.2) is 0 Å². The zero-order valence-electron chi connectivity index (χ0n) is 25.3. The van der Waals surface area contributed by atoms with Crippen LogP contribution in [0, 0.1) is 0 Å². The number of hydrogen-bond donors (Lipinski definition) is 0. The Morgan fingerprint density at radius 1 is 0.341 bits per heavy atom. The molecule has 0 amide bonds. The van der Waals surface area contributed by atoms with Crippen LogP contribution in [0.2, 0.25) is 0 Å². The average molecular weight is 565 g/mol. The predicted molar refractivity (Wildman–Crippen MR) is 195 cm³/mol. The van der Waals surface area contributed by atoms with E-state index in [-0.39, 0.29) is 0 Å². The van der Waals surface area contributed by atoms with Crippen molar-refractivity contribution in [2.75, 3.05) is 0 Å². The van der Waals surface area contributed by atoms with Crippen molar-refractivity contribution >= 4 is 58.4 Å². The summed E-state index contributed by atoms with van der Waals surface area (Å²) in [6.45, 7) is 4.32. The van der Waals surface area contributed by atoms with Crippen molar-refractivity contribution < 1.29 is 0 Å². The number of benzene rings is 6. The monoisotopic (exact) mass is 564 g/mol. The van der Waals surface area contributed by atoms with Gasteiger partial charge in [-0.3, -0.25) is 0 Å². The molecule has 6 aromatic carbocycles. The lowest BCUT2D eigenvalue weighted by Gasteiger charge is -2.07. The summed E-state index contributed by atoms with van der Waals surface area (Å²) in [5.74, 6) is 0. The zero-order chi connectivity index (χ0) is 30.1. The van der Waals surface area contributed by atoms with Crippen molar-refractivity contribution in [1.29, 1.82) is 0 Å². The molecule has 0 atom stereocenters. The lowest BCUT2D eigenvalue weighted by molar-refractivity contribution is 1.57. The molecule has 44 heavy (non-hydrogen) atoms. The lowest BCUT2D eigenvalue weighted by atomic mass is 9.97. The normalized spacial score (nSPS) is 12.4. The second kappa shape index (κ2) is 13.7. The Kier molecular flexibility index (Phi) is 8.90. The fourth-order valence-corrected chi connectivity index (χ4v) is 5.48. The van der Waals surface area contributed by atoms with E-state index in [0.717, 1.165) is 0 Å². The van der Waals surface area contributed by atoms with Gasteiger partial charge in [0.25, 0.3) is 0 Å². The van der Waals surface area contributed by atoms with Gasteiger partial charge in [-0.2, -0.15) is 0 Å². The van der Waals surface area contributed by atoms with E-state index < -0.39 is 0 Å². The summed E-state index contributed by atoms with van der Waals surface area (Å²) in [7, 11) is 0. The largest absolute Gasteiger partial charge is 0.0622 e. The number of hydrogen-bond acceptors (Lipinski definition) is 0. The van der Waals surface area contributed by atoms with Crippen molar-refractivity contribution in [1.82, 2.24) is 0 Å². The summed E-state index contributed by atoms with van der Waals surface area (Å²) in [5.41, 5.74) is 12.2. The third kappa shape index (κ3) is 7.12. The Hall–Kier alpha value is -5.46. The molecule has 0 aliphatic rings. The van der Waals surface area contributed by atoms with Gasteiger partial charge in [0.2, 0.25) is 0 Å². The first-order valence-electron chi connectivity index (χ1n) is 15.2. The third-order valence-corrected chi connectivity index (χ3v) is 8.00. The van der Waals surface area contributed by atoms with Crippen molar-refractivity contribution in [2.24, 2.45) is 0 Å². The summed E-state index contributed by atoms with van der Waals surface area (Å²) in [4.78, 5) is 0. The van der Waals surface area contributed by atoms with E-state index in [4.69, 9.17) is 0 Å². The summed E-state index contributed by atoms with van der Waals surface area (Å²) >= 11 is 0. The molecule has 0 heteroatoms. The van der Waals surface area contributed by atoms with Crippen LogP contribution in [-0.4, -0.2) is 0 Å². The molecule has 6 rings (SSSR count). The average Bonchev–Trinajstić information content (AvgIpc) is 3.08. The molecule has 0 saturated heterocycles. The lowest BCUT2D eigenvalue weighted by Crippen LogP contribution is -1.84. The van der Waals surface area contributed by atoms with Gasteiger partial charge in [-0.1, -0.05) is 182 Å². The molecule has 0 saturated carbocycles. The number of rotatable bonds is 8. The molecule has 0 aliphatic carbocycles.